The first-order valence-corrected chi connectivity index (χ1v) is 7.40. The van der Waals surface area contributed by atoms with Crippen LogP contribution in [0.4, 0.5) is 18.9 Å². The summed E-state index contributed by atoms with van der Waals surface area (Å²) in [6.45, 7) is -0.697. The zero-order chi connectivity index (χ0) is 19.4. The molecular weight excluding hydrogens is 369 g/mol. The third-order valence-corrected chi connectivity index (χ3v) is 3.35. The van der Waals surface area contributed by atoms with Crippen molar-refractivity contribution < 1.29 is 31.9 Å². The molecule has 1 amide bonds. The number of nitrogens with zero attached hydrogens (tertiary/aromatic N) is 3. The normalized spacial score (nSPS) is 11.2. The molecular formula is C16H11F3N4O4. The Morgan fingerprint density at radius 1 is 1.26 bits per heavy atom. The molecule has 8 nitrogen and oxygen atoms in total. The fourth-order valence-corrected chi connectivity index (χ4v) is 2.13. The fraction of sp³-hybridized carbons (Fsp3) is 0.125. The average molecular weight is 380 g/mol. The molecule has 1 aromatic carbocycles. The zero-order valence-corrected chi connectivity index (χ0v) is 13.4. The van der Waals surface area contributed by atoms with Crippen molar-refractivity contribution in [3.05, 3.63) is 60.6 Å². The molecule has 0 fully saturated rings. The first kappa shape index (κ1) is 18.2. The Hall–Kier alpha value is -3.63. The molecule has 27 heavy (non-hydrogen) atoms. The van der Waals surface area contributed by atoms with Crippen LogP contribution in [-0.4, -0.2) is 33.2 Å². The van der Waals surface area contributed by atoms with E-state index < -0.39 is 30.2 Å². The molecule has 0 unspecified atom stereocenters. The van der Waals surface area contributed by atoms with Crippen molar-refractivity contribution in [3.8, 4) is 5.69 Å². The Labute approximate surface area is 149 Å². The summed E-state index contributed by atoms with van der Waals surface area (Å²) in [6, 6.07) is 4.10. The maximum atomic E-state index is 13.0. The number of halogens is 3. The molecule has 11 heteroatoms. The van der Waals surface area contributed by atoms with Crippen LogP contribution in [0.15, 0.2) is 53.9 Å². The summed E-state index contributed by atoms with van der Waals surface area (Å²) in [6.07, 6.45) is 0.237. The molecule has 0 bridgehead atoms. The van der Waals surface area contributed by atoms with Crippen molar-refractivity contribution in [3.63, 3.8) is 0 Å². The van der Waals surface area contributed by atoms with E-state index in [-0.39, 0.29) is 16.9 Å². The van der Waals surface area contributed by atoms with Crippen LogP contribution in [0.25, 0.3) is 5.69 Å². The monoisotopic (exact) mass is 380 g/mol. The number of aromatic nitrogens is 3. The molecule has 3 rings (SSSR count). The number of amides is 1. The summed E-state index contributed by atoms with van der Waals surface area (Å²) < 4.78 is 49.6. The quantitative estimate of drug-likeness (QED) is 0.684. The molecule has 0 atom stereocenters. The lowest BCUT2D eigenvalue weighted by atomic mass is 10.1. The van der Waals surface area contributed by atoms with Crippen LogP contribution in [0, 0.1) is 0 Å². The number of rotatable bonds is 5. The van der Waals surface area contributed by atoms with E-state index >= 15 is 0 Å². The van der Waals surface area contributed by atoms with Gasteiger partial charge in [0.05, 0.1) is 28.8 Å². The molecule has 3 aromatic rings. The van der Waals surface area contributed by atoms with Gasteiger partial charge in [0.25, 0.3) is 5.91 Å². The minimum Gasteiger partial charge on any atom is -0.472 e. The molecule has 1 N–H and O–H groups in total. The molecule has 2 heterocycles. The van der Waals surface area contributed by atoms with Gasteiger partial charge in [0.1, 0.15) is 18.9 Å². The second-order valence-corrected chi connectivity index (χ2v) is 5.21. The summed E-state index contributed by atoms with van der Waals surface area (Å²) in [5.74, 6) is -1.63. The number of esters is 1. The van der Waals surface area contributed by atoms with Crippen molar-refractivity contribution in [1.82, 2.24) is 14.8 Å². The summed E-state index contributed by atoms with van der Waals surface area (Å²) in [5.41, 5.74) is -0.864. The van der Waals surface area contributed by atoms with Gasteiger partial charge in [-0.3, -0.25) is 4.79 Å². The van der Waals surface area contributed by atoms with Crippen molar-refractivity contribution in [2.45, 2.75) is 6.18 Å². The molecule has 0 aliphatic heterocycles. The Kier molecular flexibility index (Phi) is 4.92. The molecule has 140 valence electrons. The van der Waals surface area contributed by atoms with E-state index in [1.165, 1.54) is 29.7 Å². The summed E-state index contributed by atoms with van der Waals surface area (Å²) in [7, 11) is 0. The number of anilines is 1. The molecule has 0 aliphatic rings. The summed E-state index contributed by atoms with van der Waals surface area (Å²) in [5, 5.41) is 6.12. The van der Waals surface area contributed by atoms with Crippen molar-refractivity contribution in [2.75, 3.05) is 11.9 Å². The number of hydrogen-bond donors (Lipinski definition) is 1. The Morgan fingerprint density at radius 2 is 2.07 bits per heavy atom. The van der Waals surface area contributed by atoms with Gasteiger partial charge in [0.2, 0.25) is 0 Å². The van der Waals surface area contributed by atoms with Gasteiger partial charge in [-0.2, -0.15) is 18.3 Å². The Bertz CT molecular complexity index is 937. The number of nitrogens with one attached hydrogen (secondary N) is 1. The van der Waals surface area contributed by atoms with Crippen LogP contribution in [0.5, 0.6) is 0 Å². The van der Waals surface area contributed by atoms with Gasteiger partial charge in [0.15, 0.2) is 6.61 Å². The van der Waals surface area contributed by atoms with Gasteiger partial charge < -0.3 is 14.5 Å². The summed E-state index contributed by atoms with van der Waals surface area (Å²) in [4.78, 5) is 27.4. The highest BCUT2D eigenvalue weighted by molar-refractivity contribution is 5.96. The van der Waals surface area contributed by atoms with Gasteiger partial charge in [0, 0.05) is 0 Å². The lowest BCUT2D eigenvalue weighted by Crippen LogP contribution is -2.22. The SMILES string of the molecule is O=C(COC(=O)c1ccoc1)Nc1cc(C(F)(F)F)ccc1-n1cncn1. The largest absolute Gasteiger partial charge is 0.472 e. The first-order valence-electron chi connectivity index (χ1n) is 7.40. The number of furan rings is 1. The molecule has 0 spiro atoms. The highest BCUT2D eigenvalue weighted by Gasteiger charge is 2.31. The topological polar surface area (TPSA) is 99.2 Å². The van der Waals surface area contributed by atoms with Gasteiger partial charge >= 0.3 is 12.1 Å². The van der Waals surface area contributed by atoms with Gasteiger partial charge in [-0.1, -0.05) is 0 Å². The maximum absolute atomic E-state index is 13.0. The van der Waals surface area contributed by atoms with E-state index in [9.17, 15) is 22.8 Å². The Balaban J connectivity index is 1.77. The molecule has 0 saturated carbocycles. The standard InChI is InChI=1S/C16H11F3N4O4/c17-16(18,19)11-1-2-13(23-9-20-8-21-23)12(5-11)22-14(24)7-27-15(25)10-3-4-26-6-10/h1-6,8-9H,7H2,(H,22,24). The summed E-state index contributed by atoms with van der Waals surface area (Å²) >= 11 is 0. The van der Waals surface area contributed by atoms with Crippen LogP contribution in [0.3, 0.4) is 0 Å². The predicted octanol–water partition coefficient (Wildman–Crippen LogP) is 2.67. The first-order chi connectivity index (χ1) is 12.8. The average Bonchev–Trinajstić information content (AvgIpc) is 3.32. The molecule has 0 saturated heterocycles. The lowest BCUT2D eigenvalue weighted by Gasteiger charge is -2.14. The van der Waals surface area contributed by atoms with Crippen LogP contribution >= 0.6 is 0 Å². The van der Waals surface area contributed by atoms with Gasteiger partial charge in [-0.15, -0.1) is 0 Å². The van der Waals surface area contributed by atoms with Crippen molar-refractivity contribution in [1.29, 1.82) is 0 Å². The minimum absolute atomic E-state index is 0.102. The number of carbonyl (C=O) groups excluding carboxylic acids is 2. The Morgan fingerprint density at radius 3 is 2.70 bits per heavy atom. The maximum Gasteiger partial charge on any atom is 0.416 e. The van der Waals surface area contributed by atoms with E-state index in [0.29, 0.717) is 0 Å². The van der Waals surface area contributed by atoms with Crippen LogP contribution < -0.4 is 5.32 Å². The fourth-order valence-electron chi connectivity index (χ4n) is 2.13. The van der Waals surface area contributed by atoms with E-state index in [1.807, 2.05) is 0 Å². The smallest absolute Gasteiger partial charge is 0.416 e. The van der Waals surface area contributed by atoms with Crippen molar-refractivity contribution in [2.24, 2.45) is 0 Å². The van der Waals surface area contributed by atoms with Gasteiger partial charge in [-0.25, -0.2) is 14.5 Å². The number of alkyl halides is 3. The third kappa shape index (κ3) is 4.32. The number of ether oxygens (including phenoxy) is 1. The van der Waals surface area contributed by atoms with E-state index in [4.69, 9.17) is 9.15 Å². The second kappa shape index (κ2) is 7.32. The highest BCUT2D eigenvalue weighted by atomic mass is 19.4. The van der Waals surface area contributed by atoms with E-state index in [2.05, 4.69) is 15.4 Å². The minimum atomic E-state index is -4.60. The second-order valence-electron chi connectivity index (χ2n) is 5.21. The van der Waals surface area contributed by atoms with Crippen LogP contribution in [-0.2, 0) is 15.7 Å². The van der Waals surface area contributed by atoms with Gasteiger partial charge in [-0.05, 0) is 24.3 Å². The zero-order valence-electron chi connectivity index (χ0n) is 13.4. The van der Waals surface area contributed by atoms with Crippen LogP contribution in [0.1, 0.15) is 15.9 Å². The lowest BCUT2D eigenvalue weighted by molar-refractivity contribution is -0.137. The molecule has 0 aliphatic carbocycles. The van der Waals surface area contributed by atoms with E-state index in [0.717, 1.165) is 24.5 Å². The number of carbonyl (C=O) groups is 2. The van der Waals surface area contributed by atoms with Crippen LogP contribution in [0.2, 0.25) is 0 Å². The molecule has 0 radical (unpaired) electrons. The predicted molar refractivity (Wildman–Crippen MR) is 84.0 cm³/mol. The van der Waals surface area contributed by atoms with E-state index in [1.54, 1.807) is 0 Å². The molecule has 2 aromatic heterocycles. The number of benzene rings is 1. The van der Waals surface area contributed by atoms with Crippen molar-refractivity contribution >= 4 is 17.6 Å². The highest BCUT2D eigenvalue weighted by Crippen LogP contribution is 2.33. The number of hydrogen-bond acceptors (Lipinski definition) is 6. The third-order valence-electron chi connectivity index (χ3n) is 3.35.